The Kier molecular flexibility index (Phi) is 5.48. The third kappa shape index (κ3) is 3.67. The molecule has 0 aliphatic carbocycles. The van der Waals surface area contributed by atoms with Gasteiger partial charge in [-0.3, -0.25) is 10.1 Å². The number of nitro groups is 1. The molecule has 0 spiro atoms. The number of hydrogen-bond acceptors (Lipinski definition) is 6. The SMILES string of the molecule is COc1cc2c(-c3ccc([N+](=O)[O-])cc3)ncnc2cc1OCCCCl. The van der Waals surface area contributed by atoms with E-state index in [-0.39, 0.29) is 5.69 Å². The normalized spacial score (nSPS) is 10.7. The van der Waals surface area contributed by atoms with Crippen molar-refractivity contribution >= 4 is 28.2 Å². The van der Waals surface area contributed by atoms with Gasteiger partial charge in [0.05, 0.1) is 29.9 Å². The lowest BCUT2D eigenvalue weighted by Gasteiger charge is -2.13. The largest absolute Gasteiger partial charge is 0.493 e. The van der Waals surface area contributed by atoms with Gasteiger partial charge in [-0.05, 0) is 24.6 Å². The van der Waals surface area contributed by atoms with Crippen molar-refractivity contribution in [3.05, 3.63) is 52.8 Å². The molecule has 8 heteroatoms. The quantitative estimate of drug-likeness (QED) is 0.266. The van der Waals surface area contributed by atoms with Crippen LogP contribution in [0.25, 0.3) is 22.2 Å². The zero-order valence-corrected chi connectivity index (χ0v) is 14.8. The van der Waals surface area contributed by atoms with Gasteiger partial charge in [0, 0.05) is 35.0 Å². The van der Waals surface area contributed by atoms with Crippen LogP contribution in [-0.4, -0.2) is 34.5 Å². The predicted octanol–water partition coefficient (Wildman–Crippen LogP) is 4.22. The second-order valence-electron chi connectivity index (χ2n) is 5.44. The van der Waals surface area contributed by atoms with Gasteiger partial charge in [0.2, 0.25) is 0 Å². The molecule has 0 atom stereocenters. The lowest BCUT2D eigenvalue weighted by atomic mass is 10.1. The number of nitro benzene ring substituents is 1. The molecule has 0 radical (unpaired) electrons. The minimum absolute atomic E-state index is 0.0275. The van der Waals surface area contributed by atoms with Gasteiger partial charge in [0.1, 0.15) is 6.33 Å². The van der Waals surface area contributed by atoms with Gasteiger partial charge >= 0.3 is 0 Å². The van der Waals surface area contributed by atoms with Gasteiger partial charge in [-0.25, -0.2) is 9.97 Å². The van der Waals surface area contributed by atoms with Crippen LogP contribution in [0.3, 0.4) is 0 Å². The molecule has 1 aromatic heterocycles. The Morgan fingerprint density at radius 3 is 2.58 bits per heavy atom. The number of nitrogens with zero attached hydrogens (tertiary/aromatic N) is 3. The van der Waals surface area contributed by atoms with Crippen LogP contribution >= 0.6 is 11.6 Å². The zero-order valence-electron chi connectivity index (χ0n) is 14.0. The summed E-state index contributed by atoms with van der Waals surface area (Å²) in [6, 6.07) is 9.82. The van der Waals surface area contributed by atoms with E-state index in [1.54, 1.807) is 25.3 Å². The number of benzene rings is 2. The van der Waals surface area contributed by atoms with Crippen LogP contribution in [0, 0.1) is 10.1 Å². The van der Waals surface area contributed by atoms with Crippen LogP contribution in [0.1, 0.15) is 6.42 Å². The van der Waals surface area contributed by atoms with Gasteiger partial charge < -0.3 is 9.47 Å². The summed E-state index contributed by atoms with van der Waals surface area (Å²) in [6.45, 7) is 0.478. The molecule has 3 aromatic rings. The summed E-state index contributed by atoms with van der Waals surface area (Å²) in [6.07, 6.45) is 2.18. The van der Waals surface area contributed by atoms with Gasteiger partial charge in [-0.2, -0.15) is 0 Å². The van der Waals surface area contributed by atoms with Crippen LogP contribution in [0.15, 0.2) is 42.7 Å². The Morgan fingerprint density at radius 1 is 1.15 bits per heavy atom. The summed E-state index contributed by atoms with van der Waals surface area (Å²) in [5.41, 5.74) is 2.13. The van der Waals surface area contributed by atoms with Crippen molar-refractivity contribution in [3.8, 4) is 22.8 Å². The molecule has 0 aliphatic heterocycles. The molecule has 0 saturated carbocycles. The van der Waals surface area contributed by atoms with E-state index >= 15 is 0 Å². The molecule has 134 valence electrons. The summed E-state index contributed by atoms with van der Waals surface area (Å²) in [4.78, 5) is 19.0. The first-order valence-electron chi connectivity index (χ1n) is 7.90. The van der Waals surface area contributed by atoms with Crippen molar-refractivity contribution < 1.29 is 14.4 Å². The number of aromatic nitrogens is 2. The number of halogens is 1. The Morgan fingerprint density at radius 2 is 1.92 bits per heavy atom. The van der Waals surface area contributed by atoms with E-state index in [0.29, 0.717) is 35.2 Å². The minimum atomic E-state index is -0.435. The molecular formula is C18H16ClN3O4. The van der Waals surface area contributed by atoms with Crippen LogP contribution < -0.4 is 9.47 Å². The fourth-order valence-electron chi connectivity index (χ4n) is 2.54. The number of alkyl halides is 1. The van der Waals surface area contributed by atoms with E-state index in [0.717, 1.165) is 17.4 Å². The number of fused-ring (bicyclic) bond motifs is 1. The molecule has 0 bridgehead atoms. The summed E-state index contributed by atoms with van der Waals surface area (Å²) in [7, 11) is 1.56. The second kappa shape index (κ2) is 7.97. The van der Waals surface area contributed by atoms with E-state index in [9.17, 15) is 10.1 Å². The minimum Gasteiger partial charge on any atom is -0.493 e. The number of methoxy groups -OCH3 is 1. The summed E-state index contributed by atoms with van der Waals surface area (Å²) in [5, 5.41) is 11.6. The molecule has 0 saturated heterocycles. The summed E-state index contributed by atoms with van der Waals surface area (Å²) < 4.78 is 11.1. The van der Waals surface area contributed by atoms with E-state index in [1.165, 1.54) is 18.5 Å². The lowest BCUT2D eigenvalue weighted by molar-refractivity contribution is -0.384. The number of rotatable bonds is 7. The van der Waals surface area contributed by atoms with E-state index in [4.69, 9.17) is 21.1 Å². The average molecular weight is 374 g/mol. The smallest absolute Gasteiger partial charge is 0.269 e. The van der Waals surface area contributed by atoms with Crippen molar-refractivity contribution in [2.24, 2.45) is 0 Å². The molecule has 0 N–H and O–H groups in total. The molecule has 0 aliphatic rings. The van der Waals surface area contributed by atoms with Crippen LogP contribution in [0.4, 0.5) is 5.69 Å². The first-order valence-corrected chi connectivity index (χ1v) is 8.44. The monoisotopic (exact) mass is 373 g/mol. The van der Waals surface area contributed by atoms with Gasteiger partial charge in [0.15, 0.2) is 11.5 Å². The zero-order chi connectivity index (χ0) is 18.5. The molecule has 0 unspecified atom stereocenters. The van der Waals surface area contributed by atoms with Gasteiger partial charge in [-0.1, -0.05) is 0 Å². The highest BCUT2D eigenvalue weighted by Crippen LogP contribution is 2.35. The third-order valence-corrected chi connectivity index (χ3v) is 4.08. The van der Waals surface area contributed by atoms with Crippen molar-refractivity contribution in [2.45, 2.75) is 6.42 Å². The van der Waals surface area contributed by atoms with Crippen LogP contribution in [0.5, 0.6) is 11.5 Å². The van der Waals surface area contributed by atoms with Gasteiger partial charge in [-0.15, -0.1) is 11.6 Å². The standard InChI is InChI=1S/C18H16ClN3O4/c1-25-16-9-14-15(10-17(16)26-8-2-7-19)20-11-21-18(14)12-3-5-13(6-4-12)22(23)24/h3-6,9-11H,2,7-8H2,1H3. The first kappa shape index (κ1) is 17.9. The Balaban J connectivity index is 2.05. The Bertz CT molecular complexity index is 932. The van der Waals surface area contributed by atoms with Gasteiger partial charge in [0.25, 0.3) is 5.69 Å². The maximum absolute atomic E-state index is 10.8. The van der Waals surface area contributed by atoms with E-state index in [2.05, 4.69) is 9.97 Å². The molecule has 2 aromatic carbocycles. The van der Waals surface area contributed by atoms with E-state index < -0.39 is 4.92 Å². The van der Waals surface area contributed by atoms with Crippen molar-refractivity contribution in [3.63, 3.8) is 0 Å². The molecule has 1 heterocycles. The fourth-order valence-corrected chi connectivity index (χ4v) is 2.65. The fraction of sp³-hybridized carbons (Fsp3) is 0.222. The lowest BCUT2D eigenvalue weighted by Crippen LogP contribution is -2.00. The average Bonchev–Trinajstić information content (AvgIpc) is 2.67. The third-order valence-electron chi connectivity index (χ3n) is 3.81. The van der Waals surface area contributed by atoms with E-state index in [1.807, 2.05) is 6.07 Å². The van der Waals surface area contributed by atoms with Crippen LogP contribution in [-0.2, 0) is 0 Å². The van der Waals surface area contributed by atoms with Crippen LogP contribution in [0.2, 0.25) is 0 Å². The van der Waals surface area contributed by atoms with Crippen molar-refractivity contribution in [1.82, 2.24) is 9.97 Å². The molecule has 7 nitrogen and oxygen atoms in total. The predicted molar refractivity (Wildman–Crippen MR) is 99.0 cm³/mol. The molecule has 26 heavy (non-hydrogen) atoms. The Labute approximate surface area is 154 Å². The molecule has 3 rings (SSSR count). The first-order chi connectivity index (χ1) is 12.6. The maximum atomic E-state index is 10.8. The molecule has 0 amide bonds. The van der Waals surface area contributed by atoms with Crippen molar-refractivity contribution in [1.29, 1.82) is 0 Å². The number of ether oxygens (including phenoxy) is 2. The van der Waals surface area contributed by atoms with Crippen molar-refractivity contribution in [2.75, 3.05) is 19.6 Å². The summed E-state index contributed by atoms with van der Waals surface area (Å²) >= 11 is 5.68. The highest BCUT2D eigenvalue weighted by atomic mass is 35.5. The highest BCUT2D eigenvalue weighted by molar-refractivity contribution is 6.17. The Hall–Kier alpha value is -2.93. The molecular weight excluding hydrogens is 358 g/mol. The number of hydrogen-bond donors (Lipinski definition) is 0. The second-order valence-corrected chi connectivity index (χ2v) is 5.82. The highest BCUT2D eigenvalue weighted by Gasteiger charge is 2.14. The topological polar surface area (TPSA) is 87.4 Å². The maximum Gasteiger partial charge on any atom is 0.269 e. The number of non-ortho nitro benzene ring substituents is 1. The molecule has 0 fully saturated rings. The summed E-state index contributed by atoms with van der Waals surface area (Å²) in [5.74, 6) is 1.66.